The Kier molecular flexibility index (Phi) is 3.28. The van der Waals surface area contributed by atoms with Crippen molar-refractivity contribution in [3.63, 3.8) is 0 Å². The van der Waals surface area contributed by atoms with Gasteiger partial charge in [0.25, 0.3) is 0 Å². The maximum absolute atomic E-state index is 12.2. The van der Waals surface area contributed by atoms with Crippen molar-refractivity contribution in [1.82, 2.24) is 9.97 Å². The van der Waals surface area contributed by atoms with E-state index in [4.69, 9.17) is 11.6 Å². The Morgan fingerprint density at radius 2 is 2.20 bits per heavy atom. The van der Waals surface area contributed by atoms with Crippen LogP contribution in [0.5, 0.6) is 0 Å². The third kappa shape index (κ3) is 2.58. The number of rotatable bonds is 2. The van der Waals surface area contributed by atoms with Crippen molar-refractivity contribution in [3.8, 4) is 0 Å². The van der Waals surface area contributed by atoms with Gasteiger partial charge in [-0.05, 0) is 24.6 Å². The number of amides is 1. The van der Waals surface area contributed by atoms with Gasteiger partial charge in [-0.15, -0.1) is 0 Å². The van der Waals surface area contributed by atoms with Crippen LogP contribution in [0.25, 0.3) is 0 Å². The van der Waals surface area contributed by atoms with Crippen LogP contribution in [0, 0.1) is 6.92 Å². The SMILES string of the molecule is Cc1cc(Cl)nc(NC(=O)[C@@H]2Cc3ccccc3N2)n1. The zero-order valence-corrected chi connectivity index (χ0v) is 11.6. The molecule has 20 heavy (non-hydrogen) atoms. The van der Waals surface area contributed by atoms with Crippen molar-refractivity contribution in [2.75, 3.05) is 10.6 Å². The van der Waals surface area contributed by atoms with E-state index in [1.807, 2.05) is 24.3 Å². The highest BCUT2D eigenvalue weighted by molar-refractivity contribution is 6.29. The Morgan fingerprint density at radius 3 is 2.95 bits per heavy atom. The minimum absolute atomic E-state index is 0.164. The first-order valence-corrected chi connectivity index (χ1v) is 6.66. The second-order valence-corrected chi connectivity index (χ2v) is 5.09. The fourth-order valence-corrected chi connectivity index (χ4v) is 2.48. The van der Waals surface area contributed by atoms with E-state index >= 15 is 0 Å². The summed E-state index contributed by atoms with van der Waals surface area (Å²) in [6.45, 7) is 1.80. The first-order valence-electron chi connectivity index (χ1n) is 6.28. The molecule has 2 N–H and O–H groups in total. The fourth-order valence-electron chi connectivity index (χ4n) is 2.24. The summed E-state index contributed by atoms with van der Waals surface area (Å²) < 4.78 is 0. The molecule has 0 radical (unpaired) electrons. The number of hydrogen-bond donors (Lipinski definition) is 2. The lowest BCUT2D eigenvalue weighted by Crippen LogP contribution is -2.33. The van der Waals surface area contributed by atoms with Crippen LogP contribution in [0.2, 0.25) is 5.15 Å². The van der Waals surface area contributed by atoms with Gasteiger partial charge in [-0.1, -0.05) is 29.8 Å². The second-order valence-electron chi connectivity index (χ2n) is 4.70. The molecule has 102 valence electrons. The maximum Gasteiger partial charge on any atom is 0.249 e. The van der Waals surface area contributed by atoms with Crippen molar-refractivity contribution in [1.29, 1.82) is 0 Å². The zero-order valence-electron chi connectivity index (χ0n) is 10.9. The van der Waals surface area contributed by atoms with Gasteiger partial charge in [0.15, 0.2) is 0 Å². The standard InChI is InChI=1S/C14H13ClN4O/c1-8-6-12(15)18-14(16-8)19-13(20)11-7-9-4-2-3-5-10(9)17-11/h2-6,11,17H,7H2,1H3,(H,16,18,19,20)/t11-/m0/s1. The molecular formula is C14H13ClN4O. The fraction of sp³-hybridized carbons (Fsp3) is 0.214. The van der Waals surface area contributed by atoms with E-state index in [2.05, 4.69) is 20.6 Å². The molecule has 1 aromatic carbocycles. The predicted octanol–water partition coefficient (Wildman–Crippen LogP) is 2.41. The van der Waals surface area contributed by atoms with Gasteiger partial charge in [-0.3, -0.25) is 10.1 Å². The monoisotopic (exact) mass is 288 g/mol. The number of fused-ring (bicyclic) bond motifs is 1. The average molecular weight is 289 g/mol. The Hall–Kier alpha value is -2.14. The molecular weight excluding hydrogens is 276 g/mol. The van der Waals surface area contributed by atoms with E-state index in [9.17, 15) is 4.79 Å². The molecule has 0 spiro atoms. The second kappa shape index (κ2) is 5.09. The topological polar surface area (TPSA) is 66.9 Å². The summed E-state index contributed by atoms with van der Waals surface area (Å²) in [6.07, 6.45) is 0.654. The van der Waals surface area contributed by atoms with Crippen molar-refractivity contribution in [2.45, 2.75) is 19.4 Å². The lowest BCUT2D eigenvalue weighted by Gasteiger charge is -2.11. The van der Waals surface area contributed by atoms with Gasteiger partial charge < -0.3 is 5.32 Å². The summed E-state index contributed by atoms with van der Waals surface area (Å²) >= 11 is 5.85. The minimum atomic E-state index is -0.310. The number of nitrogens with zero attached hydrogens (tertiary/aromatic N) is 2. The largest absolute Gasteiger partial charge is 0.373 e. The number of aryl methyl sites for hydroxylation is 1. The van der Waals surface area contributed by atoms with Crippen molar-refractivity contribution in [2.24, 2.45) is 0 Å². The number of halogens is 1. The lowest BCUT2D eigenvalue weighted by atomic mass is 10.1. The third-order valence-electron chi connectivity index (χ3n) is 3.15. The smallest absolute Gasteiger partial charge is 0.249 e. The van der Waals surface area contributed by atoms with Gasteiger partial charge in [-0.2, -0.15) is 0 Å². The summed E-state index contributed by atoms with van der Waals surface area (Å²) in [7, 11) is 0. The predicted molar refractivity (Wildman–Crippen MR) is 78.0 cm³/mol. The number of anilines is 2. The highest BCUT2D eigenvalue weighted by Gasteiger charge is 2.26. The highest BCUT2D eigenvalue weighted by Crippen LogP contribution is 2.25. The molecule has 1 amide bonds. The number of carbonyl (C=O) groups is 1. The summed E-state index contributed by atoms with van der Waals surface area (Å²) in [4.78, 5) is 20.3. The normalized spacial score (nSPS) is 16.4. The number of hydrogen-bond acceptors (Lipinski definition) is 4. The van der Waals surface area contributed by atoms with E-state index in [1.165, 1.54) is 0 Å². The number of nitrogens with one attached hydrogen (secondary N) is 2. The molecule has 0 aliphatic carbocycles. The van der Waals surface area contributed by atoms with E-state index in [0.717, 1.165) is 11.3 Å². The van der Waals surface area contributed by atoms with E-state index in [-0.39, 0.29) is 17.9 Å². The number of aromatic nitrogens is 2. The average Bonchev–Trinajstić information content (AvgIpc) is 2.81. The molecule has 1 aliphatic heterocycles. The van der Waals surface area contributed by atoms with Gasteiger partial charge >= 0.3 is 0 Å². The van der Waals surface area contributed by atoms with Crippen LogP contribution < -0.4 is 10.6 Å². The molecule has 1 aromatic heterocycles. The summed E-state index contributed by atoms with van der Waals surface area (Å²) in [5.41, 5.74) is 2.84. The van der Waals surface area contributed by atoms with Crippen molar-refractivity contribution < 1.29 is 4.79 Å². The summed E-state index contributed by atoms with van der Waals surface area (Å²) in [5.74, 6) is 0.0700. The van der Waals surface area contributed by atoms with Crippen molar-refractivity contribution in [3.05, 3.63) is 46.7 Å². The van der Waals surface area contributed by atoms with E-state index < -0.39 is 0 Å². The van der Waals surface area contributed by atoms with E-state index in [1.54, 1.807) is 13.0 Å². The van der Waals surface area contributed by atoms with Crippen LogP contribution in [0.3, 0.4) is 0 Å². The van der Waals surface area contributed by atoms with E-state index in [0.29, 0.717) is 17.3 Å². The maximum atomic E-state index is 12.2. The van der Waals surface area contributed by atoms with Crippen LogP contribution in [0.15, 0.2) is 30.3 Å². The Bertz CT molecular complexity index is 629. The molecule has 0 saturated carbocycles. The molecule has 0 fully saturated rings. The first-order chi connectivity index (χ1) is 9.61. The van der Waals surface area contributed by atoms with Gasteiger partial charge in [0.1, 0.15) is 11.2 Å². The van der Waals surface area contributed by atoms with Crippen molar-refractivity contribution >= 4 is 29.1 Å². The molecule has 2 aromatic rings. The zero-order chi connectivity index (χ0) is 14.1. The molecule has 0 saturated heterocycles. The summed E-state index contributed by atoms with van der Waals surface area (Å²) in [5, 5.41) is 6.19. The van der Waals surface area contributed by atoms with Crippen LogP contribution in [-0.2, 0) is 11.2 Å². The minimum Gasteiger partial charge on any atom is -0.373 e. The molecule has 1 atom stereocenters. The number of carbonyl (C=O) groups excluding carboxylic acids is 1. The van der Waals surface area contributed by atoms with Crippen LogP contribution in [0.1, 0.15) is 11.3 Å². The van der Waals surface area contributed by atoms with Gasteiger partial charge in [0, 0.05) is 17.8 Å². The quantitative estimate of drug-likeness (QED) is 0.833. The van der Waals surface area contributed by atoms with Crippen LogP contribution in [-0.4, -0.2) is 21.9 Å². The van der Waals surface area contributed by atoms with Gasteiger partial charge in [0.2, 0.25) is 11.9 Å². The van der Waals surface area contributed by atoms with Gasteiger partial charge in [0.05, 0.1) is 0 Å². The molecule has 6 heteroatoms. The lowest BCUT2D eigenvalue weighted by molar-refractivity contribution is -0.116. The molecule has 2 heterocycles. The van der Waals surface area contributed by atoms with Crippen LogP contribution in [0.4, 0.5) is 11.6 Å². The Labute approximate surface area is 121 Å². The molecule has 0 bridgehead atoms. The molecule has 3 rings (SSSR count). The number of para-hydroxylation sites is 1. The van der Waals surface area contributed by atoms with Gasteiger partial charge in [-0.25, -0.2) is 9.97 Å². The number of benzene rings is 1. The Balaban J connectivity index is 1.72. The van der Waals surface area contributed by atoms with Crippen LogP contribution >= 0.6 is 11.6 Å². The first kappa shape index (κ1) is 12.9. The molecule has 1 aliphatic rings. The summed E-state index contributed by atoms with van der Waals surface area (Å²) in [6, 6.07) is 9.20. The highest BCUT2D eigenvalue weighted by atomic mass is 35.5. The Morgan fingerprint density at radius 1 is 1.40 bits per heavy atom. The third-order valence-corrected chi connectivity index (χ3v) is 3.34. The molecule has 5 nitrogen and oxygen atoms in total. The molecule has 0 unspecified atom stereocenters.